The number of aromatic nitrogens is 1. The average molecular weight is 263 g/mol. The first kappa shape index (κ1) is 14.4. The zero-order chi connectivity index (χ0) is 13.5. The van der Waals surface area contributed by atoms with Crippen LogP contribution in [0.5, 0.6) is 0 Å². The van der Waals surface area contributed by atoms with E-state index in [-0.39, 0.29) is 6.10 Å². The second-order valence-corrected chi connectivity index (χ2v) is 5.36. The van der Waals surface area contributed by atoms with E-state index in [0.717, 1.165) is 51.1 Å². The Bertz CT molecular complexity index is 350. The van der Waals surface area contributed by atoms with E-state index in [1.54, 1.807) is 0 Å². The zero-order valence-electron chi connectivity index (χ0n) is 11.8. The topological polar surface area (TPSA) is 48.4 Å². The highest BCUT2D eigenvalue weighted by Crippen LogP contribution is 2.10. The van der Waals surface area contributed by atoms with E-state index in [0.29, 0.717) is 6.04 Å². The van der Waals surface area contributed by atoms with Gasteiger partial charge in [0.25, 0.3) is 0 Å². The molecule has 1 aliphatic heterocycles. The first-order valence-corrected chi connectivity index (χ1v) is 7.30. The fourth-order valence-corrected chi connectivity index (χ4v) is 2.50. The highest BCUT2D eigenvalue weighted by atomic mass is 16.3. The van der Waals surface area contributed by atoms with E-state index in [4.69, 9.17) is 0 Å². The predicted molar refractivity (Wildman–Crippen MR) is 77.0 cm³/mol. The minimum Gasteiger partial charge on any atom is -0.393 e. The molecule has 1 aliphatic rings. The second kappa shape index (κ2) is 7.58. The smallest absolute Gasteiger partial charge is 0.0570 e. The largest absolute Gasteiger partial charge is 0.393 e. The summed E-state index contributed by atoms with van der Waals surface area (Å²) in [4.78, 5) is 6.80. The van der Waals surface area contributed by atoms with Gasteiger partial charge in [0.15, 0.2) is 0 Å². The van der Waals surface area contributed by atoms with E-state index >= 15 is 0 Å². The number of aliphatic hydroxyl groups is 1. The van der Waals surface area contributed by atoms with Crippen molar-refractivity contribution in [3.8, 4) is 0 Å². The summed E-state index contributed by atoms with van der Waals surface area (Å²) in [5.74, 6) is 0. The number of nitrogens with zero attached hydrogens (tertiary/aromatic N) is 2. The summed E-state index contributed by atoms with van der Waals surface area (Å²) in [5, 5.41) is 13.0. The normalized spacial score (nSPS) is 19.5. The zero-order valence-corrected chi connectivity index (χ0v) is 11.8. The summed E-state index contributed by atoms with van der Waals surface area (Å²) < 4.78 is 0. The molecular weight excluding hydrogens is 238 g/mol. The Kier molecular flexibility index (Phi) is 5.76. The molecule has 0 aliphatic carbocycles. The predicted octanol–water partition coefficient (Wildman–Crippen LogP) is 1.58. The van der Waals surface area contributed by atoms with Gasteiger partial charge < -0.3 is 15.3 Å². The van der Waals surface area contributed by atoms with Gasteiger partial charge in [0.2, 0.25) is 0 Å². The third-order valence-electron chi connectivity index (χ3n) is 3.79. The number of hydrogen-bond donors (Lipinski definition) is 2. The van der Waals surface area contributed by atoms with Gasteiger partial charge in [0.1, 0.15) is 0 Å². The molecule has 19 heavy (non-hydrogen) atoms. The molecule has 0 radical (unpaired) electrons. The number of piperidine rings is 1. The molecule has 1 aromatic heterocycles. The summed E-state index contributed by atoms with van der Waals surface area (Å²) in [5.41, 5.74) is 1.10. The Labute approximate surface area is 115 Å². The van der Waals surface area contributed by atoms with Crippen molar-refractivity contribution in [2.45, 2.75) is 38.3 Å². The fraction of sp³-hybridized carbons (Fsp3) is 0.667. The molecule has 0 saturated carbocycles. The van der Waals surface area contributed by atoms with Crippen LogP contribution < -0.4 is 5.32 Å². The van der Waals surface area contributed by atoms with Crippen LogP contribution in [0.1, 0.15) is 37.9 Å². The Morgan fingerprint density at radius 1 is 1.42 bits per heavy atom. The minimum atomic E-state index is -0.0708. The summed E-state index contributed by atoms with van der Waals surface area (Å²) in [6.07, 6.45) is 4.77. The van der Waals surface area contributed by atoms with E-state index < -0.39 is 0 Å². The van der Waals surface area contributed by atoms with E-state index in [1.807, 2.05) is 18.3 Å². The van der Waals surface area contributed by atoms with E-state index in [2.05, 4.69) is 28.2 Å². The maximum Gasteiger partial charge on any atom is 0.0570 e. The number of pyridine rings is 1. The highest BCUT2D eigenvalue weighted by molar-refractivity contribution is 5.07. The summed E-state index contributed by atoms with van der Waals surface area (Å²) in [6, 6.07) is 6.34. The third kappa shape index (κ3) is 4.90. The number of likely N-dealkylation sites (tertiary alicyclic amines) is 1. The molecule has 2 N–H and O–H groups in total. The molecule has 106 valence electrons. The Hall–Kier alpha value is -0.970. The van der Waals surface area contributed by atoms with Crippen LogP contribution in [0.2, 0.25) is 0 Å². The molecule has 4 nitrogen and oxygen atoms in total. The van der Waals surface area contributed by atoms with E-state index in [9.17, 15) is 5.11 Å². The van der Waals surface area contributed by atoms with Gasteiger partial charge in [-0.15, -0.1) is 0 Å². The van der Waals surface area contributed by atoms with Crippen molar-refractivity contribution >= 4 is 0 Å². The van der Waals surface area contributed by atoms with Crippen molar-refractivity contribution < 1.29 is 5.11 Å². The second-order valence-electron chi connectivity index (χ2n) is 5.36. The molecule has 1 atom stereocenters. The van der Waals surface area contributed by atoms with Crippen molar-refractivity contribution in [1.82, 2.24) is 15.2 Å². The monoisotopic (exact) mass is 263 g/mol. The lowest BCUT2D eigenvalue weighted by molar-refractivity contribution is 0.0820. The fourth-order valence-electron chi connectivity index (χ4n) is 2.50. The highest BCUT2D eigenvalue weighted by Gasteiger charge is 2.16. The Morgan fingerprint density at radius 2 is 2.21 bits per heavy atom. The van der Waals surface area contributed by atoms with Gasteiger partial charge >= 0.3 is 0 Å². The van der Waals surface area contributed by atoms with Gasteiger partial charge in [-0.2, -0.15) is 0 Å². The average Bonchev–Trinajstić information content (AvgIpc) is 2.46. The van der Waals surface area contributed by atoms with Gasteiger partial charge in [-0.25, -0.2) is 0 Å². The molecular formula is C15H25N3O. The third-order valence-corrected chi connectivity index (χ3v) is 3.79. The van der Waals surface area contributed by atoms with Gasteiger partial charge in [0, 0.05) is 25.3 Å². The first-order chi connectivity index (χ1) is 9.25. The number of nitrogens with one attached hydrogen (secondary N) is 1. The van der Waals surface area contributed by atoms with Crippen LogP contribution in [0, 0.1) is 0 Å². The maximum absolute atomic E-state index is 9.45. The lowest BCUT2D eigenvalue weighted by atomic mass is 10.1. The molecule has 0 amide bonds. The van der Waals surface area contributed by atoms with Crippen LogP contribution in [0.3, 0.4) is 0 Å². The summed E-state index contributed by atoms with van der Waals surface area (Å²) in [6.45, 7) is 6.36. The van der Waals surface area contributed by atoms with Crippen molar-refractivity contribution in [3.05, 3.63) is 30.1 Å². The van der Waals surface area contributed by atoms with Crippen LogP contribution in [-0.4, -0.2) is 47.3 Å². The number of hydrogen-bond acceptors (Lipinski definition) is 4. The molecule has 1 aromatic rings. The lowest BCUT2D eigenvalue weighted by Gasteiger charge is -2.29. The Morgan fingerprint density at radius 3 is 2.89 bits per heavy atom. The Balaban J connectivity index is 1.59. The quantitative estimate of drug-likeness (QED) is 0.765. The summed E-state index contributed by atoms with van der Waals surface area (Å²) >= 11 is 0. The van der Waals surface area contributed by atoms with Crippen molar-refractivity contribution in [1.29, 1.82) is 0 Å². The lowest BCUT2D eigenvalue weighted by Crippen LogP contribution is -2.37. The number of aliphatic hydroxyl groups excluding tert-OH is 1. The maximum atomic E-state index is 9.45. The van der Waals surface area contributed by atoms with Crippen molar-refractivity contribution in [2.75, 3.05) is 26.2 Å². The van der Waals surface area contributed by atoms with Gasteiger partial charge in [0.05, 0.1) is 11.8 Å². The molecule has 4 heteroatoms. The summed E-state index contributed by atoms with van der Waals surface area (Å²) in [7, 11) is 0. The van der Waals surface area contributed by atoms with Crippen molar-refractivity contribution in [2.24, 2.45) is 0 Å². The van der Waals surface area contributed by atoms with Gasteiger partial charge in [-0.3, -0.25) is 4.98 Å². The van der Waals surface area contributed by atoms with Crippen LogP contribution in [0.25, 0.3) is 0 Å². The van der Waals surface area contributed by atoms with Crippen LogP contribution in [0.4, 0.5) is 0 Å². The first-order valence-electron chi connectivity index (χ1n) is 7.30. The SMILES string of the molecule is CC(NCCCN1CCC(O)CC1)c1ccccn1. The standard InChI is InChI=1S/C15H25N3O/c1-13(15-5-2-3-8-17-15)16-9-4-10-18-11-6-14(19)7-12-18/h2-3,5,8,13-14,16,19H,4,6-7,9-12H2,1H3. The molecule has 0 spiro atoms. The van der Waals surface area contributed by atoms with Crippen molar-refractivity contribution in [3.63, 3.8) is 0 Å². The van der Waals surface area contributed by atoms with E-state index in [1.165, 1.54) is 0 Å². The molecule has 1 unspecified atom stereocenters. The van der Waals surface area contributed by atoms with Gasteiger partial charge in [-0.1, -0.05) is 6.07 Å². The van der Waals surface area contributed by atoms with Gasteiger partial charge in [-0.05, 0) is 51.4 Å². The van der Waals surface area contributed by atoms with Crippen LogP contribution in [0.15, 0.2) is 24.4 Å². The molecule has 1 fully saturated rings. The minimum absolute atomic E-state index is 0.0708. The van der Waals surface area contributed by atoms with Crippen LogP contribution in [-0.2, 0) is 0 Å². The molecule has 2 rings (SSSR count). The molecule has 1 saturated heterocycles. The van der Waals surface area contributed by atoms with Crippen LogP contribution >= 0.6 is 0 Å². The molecule has 2 heterocycles. The number of rotatable bonds is 6. The molecule has 0 bridgehead atoms. The molecule has 0 aromatic carbocycles.